The maximum Gasteiger partial charge on any atom is 0.0431 e. The van der Waals surface area contributed by atoms with Crippen molar-refractivity contribution in [2.24, 2.45) is 5.73 Å². The van der Waals surface area contributed by atoms with Crippen LogP contribution in [-0.4, -0.2) is 32.0 Å². The first kappa shape index (κ1) is 2.46. The van der Waals surface area contributed by atoms with Crippen LogP contribution in [0.3, 0.4) is 0 Å². The second-order valence-corrected chi connectivity index (χ2v) is 1.39. The lowest BCUT2D eigenvalue weighted by atomic mass is 10.4. The summed E-state index contributed by atoms with van der Waals surface area (Å²) in [5, 5.41) is 0. The fraction of sp³-hybridized carbons (Fsp3) is 1.00. The van der Waals surface area contributed by atoms with Gasteiger partial charge in [0, 0.05) is 5.48 Å². The molecule has 0 bridgehead atoms. The van der Waals surface area contributed by atoms with Crippen LogP contribution in [0.2, 0.25) is 0 Å². The van der Waals surface area contributed by atoms with Crippen molar-refractivity contribution in [1.82, 2.24) is 4.90 Å². The highest BCUT2D eigenvalue weighted by atomic mass is 15.0. The topological polar surface area (TPSA) is 29.3 Å². The van der Waals surface area contributed by atoms with Gasteiger partial charge in [0.1, 0.15) is 0 Å². The van der Waals surface area contributed by atoms with E-state index in [4.69, 9.17) is 11.2 Å². The Morgan fingerprint density at radius 1 is 1.71 bits per heavy atom. The zero-order valence-electron chi connectivity index (χ0n) is 8.73. The van der Waals surface area contributed by atoms with Crippen molar-refractivity contribution in [3.05, 3.63) is 0 Å². The van der Waals surface area contributed by atoms with E-state index in [9.17, 15) is 0 Å². The summed E-state index contributed by atoms with van der Waals surface area (Å²) in [5.41, 5.74) is 5.09. The average molecular weight is 106 g/mol. The van der Waals surface area contributed by atoms with Crippen LogP contribution in [0.25, 0.3) is 0 Å². The molecule has 0 heterocycles. The van der Waals surface area contributed by atoms with Crippen LogP contribution in [0.15, 0.2) is 0 Å². The van der Waals surface area contributed by atoms with Crippen LogP contribution in [0, 0.1) is 0 Å². The van der Waals surface area contributed by atoms with E-state index in [1.54, 1.807) is 0 Å². The Morgan fingerprint density at radius 3 is 2.43 bits per heavy atom. The number of nitrogens with two attached hydrogens (primary N) is 1. The molecule has 0 aromatic heterocycles. The van der Waals surface area contributed by atoms with E-state index >= 15 is 0 Å². The molecule has 44 valence electrons. The standard InChI is InChI=1S/C5H14N2/c1-7(2)5-3-4-6/h3-6H2,1-2H3/i3D2,5D2. The maximum atomic E-state index is 7.32. The molecule has 0 radical (unpaired) electrons. The van der Waals surface area contributed by atoms with Crippen LogP contribution in [0.4, 0.5) is 0 Å². The van der Waals surface area contributed by atoms with Crippen LogP contribution in [-0.2, 0) is 0 Å². The number of rotatable bonds is 3. The minimum Gasteiger partial charge on any atom is -0.330 e. The zero-order chi connectivity index (χ0) is 9.28. The fourth-order valence-electron chi connectivity index (χ4n) is 0.204. The third-order valence-corrected chi connectivity index (χ3v) is 0.405. The Bertz CT molecular complexity index is 134. The van der Waals surface area contributed by atoms with Gasteiger partial charge in [0.05, 0.1) is 0 Å². The van der Waals surface area contributed by atoms with E-state index in [0.29, 0.717) is 0 Å². The van der Waals surface area contributed by atoms with Gasteiger partial charge in [-0.3, -0.25) is 0 Å². The molecule has 0 aliphatic carbocycles. The molecule has 2 N–H and O–H groups in total. The first-order valence-corrected chi connectivity index (χ1v) is 2.13. The molecule has 0 rings (SSSR count). The Morgan fingerprint density at radius 2 is 2.29 bits per heavy atom. The first-order chi connectivity index (χ1) is 4.75. The molecule has 2 nitrogen and oxygen atoms in total. The molecule has 0 saturated carbocycles. The highest BCUT2D eigenvalue weighted by molar-refractivity contribution is 4.42. The Hall–Kier alpha value is -0.0800. The number of hydrogen-bond acceptors (Lipinski definition) is 2. The van der Waals surface area contributed by atoms with E-state index in [1.807, 2.05) is 0 Å². The summed E-state index contributed by atoms with van der Waals surface area (Å²) in [6, 6.07) is 0. The predicted octanol–water partition coefficient (Wildman–Crippen LogP) is -0.103. The predicted molar refractivity (Wildman–Crippen MR) is 32.2 cm³/mol. The highest BCUT2D eigenvalue weighted by Gasteiger charge is 1.83. The highest BCUT2D eigenvalue weighted by Crippen LogP contribution is 1.76. The zero-order valence-corrected chi connectivity index (χ0v) is 4.73. The lowest BCUT2D eigenvalue weighted by Gasteiger charge is -2.05. The van der Waals surface area contributed by atoms with Gasteiger partial charge in [0.15, 0.2) is 0 Å². The molecule has 2 heteroatoms. The van der Waals surface area contributed by atoms with Crippen molar-refractivity contribution in [2.45, 2.75) is 6.37 Å². The monoisotopic (exact) mass is 106 g/mol. The van der Waals surface area contributed by atoms with Gasteiger partial charge in [0.2, 0.25) is 0 Å². The Kier molecular flexibility index (Phi) is 1.44. The molecule has 0 fully saturated rings. The van der Waals surface area contributed by atoms with Crippen molar-refractivity contribution < 1.29 is 5.48 Å². The molecule has 0 saturated heterocycles. The van der Waals surface area contributed by atoms with Gasteiger partial charge in [0.25, 0.3) is 0 Å². The second-order valence-electron chi connectivity index (χ2n) is 1.39. The van der Waals surface area contributed by atoms with Gasteiger partial charge in [-0.15, -0.1) is 0 Å². The van der Waals surface area contributed by atoms with Crippen LogP contribution >= 0.6 is 0 Å². The van der Waals surface area contributed by atoms with Gasteiger partial charge in [-0.2, -0.15) is 0 Å². The fourth-order valence-corrected chi connectivity index (χ4v) is 0.204. The molecule has 7 heavy (non-hydrogen) atoms. The third-order valence-electron chi connectivity index (χ3n) is 0.405. The van der Waals surface area contributed by atoms with Crippen LogP contribution in [0.5, 0.6) is 0 Å². The molecule has 0 unspecified atom stereocenters. The maximum absolute atomic E-state index is 7.32. The third kappa shape index (κ3) is 5.92. The summed E-state index contributed by atoms with van der Waals surface area (Å²) in [5.74, 6) is 0. The molecule has 0 spiro atoms. The minimum atomic E-state index is -2.01. The molecule has 0 aliphatic rings. The quantitative estimate of drug-likeness (QED) is 0.544. The van der Waals surface area contributed by atoms with Crippen LogP contribution < -0.4 is 5.73 Å². The lowest BCUT2D eigenvalue weighted by Crippen LogP contribution is -2.16. The average Bonchev–Trinajstić information content (AvgIpc) is 1.87. The van der Waals surface area contributed by atoms with E-state index in [2.05, 4.69) is 0 Å². The molecular formula is C5H14N2. The van der Waals surface area contributed by atoms with Crippen LogP contribution in [0.1, 0.15) is 11.9 Å². The summed E-state index contributed by atoms with van der Waals surface area (Å²) < 4.78 is 29.1. The minimum absolute atomic E-state index is 0.321. The normalized spacial score (nSPS) is 22.9. The lowest BCUT2D eigenvalue weighted by molar-refractivity contribution is 0.403. The van der Waals surface area contributed by atoms with Gasteiger partial charge >= 0.3 is 0 Å². The summed E-state index contributed by atoms with van der Waals surface area (Å²) in [7, 11) is 2.96. The molecule has 0 aromatic carbocycles. The molecule has 0 atom stereocenters. The van der Waals surface area contributed by atoms with Crippen molar-refractivity contribution in [3.8, 4) is 0 Å². The van der Waals surface area contributed by atoms with E-state index < -0.39 is 12.9 Å². The van der Waals surface area contributed by atoms with Gasteiger partial charge in [-0.1, -0.05) is 0 Å². The van der Waals surface area contributed by atoms with E-state index in [-0.39, 0.29) is 6.54 Å². The van der Waals surface area contributed by atoms with Gasteiger partial charge in [-0.25, -0.2) is 0 Å². The Labute approximate surface area is 50.9 Å². The second kappa shape index (κ2) is 4.09. The van der Waals surface area contributed by atoms with E-state index in [1.165, 1.54) is 19.0 Å². The van der Waals surface area contributed by atoms with Crippen molar-refractivity contribution in [3.63, 3.8) is 0 Å². The van der Waals surface area contributed by atoms with Gasteiger partial charge in [-0.05, 0) is 33.5 Å². The summed E-state index contributed by atoms with van der Waals surface area (Å²) in [6.45, 7) is -2.33. The van der Waals surface area contributed by atoms with Crippen molar-refractivity contribution in [2.75, 3.05) is 27.1 Å². The van der Waals surface area contributed by atoms with Crippen molar-refractivity contribution >= 4 is 0 Å². The Balaban J connectivity index is 4.53. The number of hydrogen-bond donors (Lipinski definition) is 1. The summed E-state index contributed by atoms with van der Waals surface area (Å²) >= 11 is 0. The van der Waals surface area contributed by atoms with E-state index in [0.717, 1.165) is 0 Å². The summed E-state index contributed by atoms with van der Waals surface area (Å²) in [6.07, 6.45) is -2.00. The molecule has 0 aromatic rings. The molecule has 0 aliphatic heterocycles. The van der Waals surface area contributed by atoms with Crippen molar-refractivity contribution in [1.29, 1.82) is 0 Å². The summed E-state index contributed by atoms with van der Waals surface area (Å²) in [4.78, 5) is 1.18. The smallest absolute Gasteiger partial charge is 0.0431 e. The SMILES string of the molecule is [2H]C([2H])(CN)C([2H])([2H])N(C)C. The first-order valence-electron chi connectivity index (χ1n) is 4.13. The molecular weight excluding hydrogens is 88.1 g/mol. The molecule has 0 amide bonds. The largest absolute Gasteiger partial charge is 0.330 e. The van der Waals surface area contributed by atoms with Gasteiger partial charge < -0.3 is 10.6 Å². The number of nitrogens with zero attached hydrogens (tertiary/aromatic N) is 1.